The number of fused-ring (bicyclic) bond motifs is 1. The zero-order chi connectivity index (χ0) is 23.0. The molecule has 2 aromatic carbocycles. The molecule has 0 aliphatic rings. The molecule has 0 aliphatic heterocycles. The lowest BCUT2D eigenvalue weighted by Gasteiger charge is -2.18. The number of carbonyl (C=O) groups is 1. The largest absolute Gasteiger partial charge is 0.496 e. The van der Waals surface area contributed by atoms with Crippen molar-refractivity contribution < 1.29 is 9.53 Å². The van der Waals surface area contributed by atoms with E-state index in [-0.39, 0.29) is 11.2 Å². The Kier molecular flexibility index (Phi) is 5.46. The minimum Gasteiger partial charge on any atom is -0.496 e. The zero-order valence-corrected chi connectivity index (χ0v) is 19.3. The molecule has 2 heterocycles. The van der Waals surface area contributed by atoms with Crippen molar-refractivity contribution in [2.24, 2.45) is 12.5 Å². The summed E-state index contributed by atoms with van der Waals surface area (Å²) >= 11 is 0. The Labute approximate surface area is 187 Å². The highest BCUT2D eigenvalue weighted by atomic mass is 16.5. The average molecular weight is 433 g/mol. The first kappa shape index (κ1) is 21.5. The number of benzene rings is 2. The number of methoxy groups -OCH3 is 1. The molecule has 32 heavy (non-hydrogen) atoms. The number of nitrogens with one attached hydrogen (secondary N) is 2. The van der Waals surface area contributed by atoms with Crippen molar-refractivity contribution in [3.63, 3.8) is 0 Å². The second-order valence-corrected chi connectivity index (χ2v) is 9.15. The minimum atomic E-state index is -0.0958. The molecule has 2 N–H and O–H groups in total. The Balaban J connectivity index is 1.63. The second kappa shape index (κ2) is 8.11. The molecular weight excluding hydrogens is 404 g/mol. The molecule has 0 spiro atoms. The van der Waals surface area contributed by atoms with Gasteiger partial charge in [0.25, 0.3) is 0 Å². The molecule has 8 heteroatoms. The molecule has 0 unspecified atom stereocenters. The molecular formula is C24H28N6O2. The first-order chi connectivity index (χ1) is 15.2. The van der Waals surface area contributed by atoms with Gasteiger partial charge in [0.1, 0.15) is 5.75 Å². The van der Waals surface area contributed by atoms with Crippen LogP contribution in [0.1, 0.15) is 43.1 Å². The number of carbonyl (C=O) groups excluding carboxylic acids is 1. The highest BCUT2D eigenvalue weighted by molar-refractivity contribution is 5.99. The lowest BCUT2D eigenvalue weighted by molar-refractivity contribution is 0.0937. The zero-order valence-electron chi connectivity index (χ0n) is 19.3. The maximum absolute atomic E-state index is 12.7. The van der Waals surface area contributed by atoms with Gasteiger partial charge >= 0.3 is 0 Å². The molecule has 0 bridgehead atoms. The Morgan fingerprint density at radius 3 is 2.72 bits per heavy atom. The Bertz CT molecular complexity index is 1300. The number of hydrogen-bond acceptors (Lipinski definition) is 6. The van der Waals surface area contributed by atoms with Gasteiger partial charge in [-0.3, -0.25) is 9.89 Å². The highest BCUT2D eigenvalue weighted by Crippen LogP contribution is 2.31. The molecule has 0 atom stereocenters. The third-order valence-electron chi connectivity index (χ3n) is 5.35. The molecule has 4 rings (SSSR count). The average Bonchev–Trinajstić information content (AvgIpc) is 3.35. The standard InChI is InChI=1S/C24H28N6O2/c1-14-17-13-25-28-19(17)10-9-18(14)26-23-27-22(29-30(23)5)15-7-8-16(21(11-15)32-6)20(31)12-24(2,3)4/h7-11,13H,12H2,1-6H3,(H,25,28)(H,26,27,29). The van der Waals surface area contributed by atoms with E-state index in [0.717, 1.165) is 27.7 Å². The van der Waals surface area contributed by atoms with Gasteiger partial charge in [-0.15, -0.1) is 5.10 Å². The predicted octanol–water partition coefficient (Wildman–Crippen LogP) is 5.04. The van der Waals surface area contributed by atoms with Gasteiger partial charge in [-0.1, -0.05) is 26.8 Å². The lowest BCUT2D eigenvalue weighted by atomic mass is 9.87. The van der Waals surface area contributed by atoms with Crippen LogP contribution in [0.25, 0.3) is 22.3 Å². The van der Waals surface area contributed by atoms with Crippen molar-refractivity contribution in [1.82, 2.24) is 25.0 Å². The van der Waals surface area contributed by atoms with Gasteiger partial charge in [0.2, 0.25) is 5.95 Å². The van der Waals surface area contributed by atoms with Crippen molar-refractivity contribution in [2.75, 3.05) is 12.4 Å². The molecule has 0 saturated heterocycles. The van der Waals surface area contributed by atoms with Crippen LogP contribution in [0, 0.1) is 12.3 Å². The van der Waals surface area contributed by atoms with E-state index >= 15 is 0 Å². The number of nitrogens with zero attached hydrogens (tertiary/aromatic N) is 4. The lowest BCUT2D eigenvalue weighted by Crippen LogP contribution is -2.13. The van der Waals surface area contributed by atoms with E-state index < -0.39 is 0 Å². The molecule has 166 valence electrons. The normalized spacial score (nSPS) is 11.7. The molecule has 0 radical (unpaired) electrons. The number of aryl methyl sites for hydroxylation is 2. The smallest absolute Gasteiger partial charge is 0.225 e. The summed E-state index contributed by atoms with van der Waals surface area (Å²) in [5.41, 5.74) is 4.25. The van der Waals surface area contributed by atoms with Gasteiger partial charge < -0.3 is 10.1 Å². The number of aromatic amines is 1. The molecule has 4 aromatic rings. The summed E-state index contributed by atoms with van der Waals surface area (Å²) in [6, 6.07) is 9.44. The van der Waals surface area contributed by atoms with Crippen LogP contribution in [0.3, 0.4) is 0 Å². The Morgan fingerprint density at radius 1 is 1.22 bits per heavy atom. The van der Waals surface area contributed by atoms with Gasteiger partial charge in [-0.25, -0.2) is 4.68 Å². The summed E-state index contributed by atoms with van der Waals surface area (Å²) in [6.07, 6.45) is 2.26. The number of aromatic nitrogens is 5. The van der Waals surface area contributed by atoms with Gasteiger partial charge in [-0.05, 0) is 42.2 Å². The molecule has 8 nitrogen and oxygen atoms in total. The van der Waals surface area contributed by atoms with Crippen LogP contribution in [-0.2, 0) is 7.05 Å². The van der Waals surface area contributed by atoms with E-state index in [1.807, 2.05) is 65.2 Å². The van der Waals surface area contributed by atoms with Crippen LogP contribution in [0.5, 0.6) is 5.75 Å². The van der Waals surface area contributed by atoms with Crippen LogP contribution in [0.2, 0.25) is 0 Å². The van der Waals surface area contributed by atoms with Crippen molar-refractivity contribution in [3.8, 4) is 17.1 Å². The number of anilines is 2. The Hall–Kier alpha value is -3.68. The molecule has 2 aromatic heterocycles. The fourth-order valence-corrected chi connectivity index (χ4v) is 3.67. The topological polar surface area (TPSA) is 97.7 Å². The number of hydrogen-bond donors (Lipinski definition) is 2. The van der Waals surface area contributed by atoms with Gasteiger partial charge in [0.05, 0.1) is 24.4 Å². The maximum atomic E-state index is 12.7. The fraction of sp³-hybridized carbons (Fsp3) is 0.333. The summed E-state index contributed by atoms with van der Waals surface area (Å²) in [4.78, 5) is 17.4. The van der Waals surface area contributed by atoms with Crippen molar-refractivity contribution in [3.05, 3.63) is 47.7 Å². The predicted molar refractivity (Wildman–Crippen MR) is 126 cm³/mol. The number of ketones is 1. The number of Topliss-reactive ketones (excluding diaryl/α,β-unsaturated/α-hetero) is 1. The fourth-order valence-electron chi connectivity index (χ4n) is 3.67. The number of ether oxygens (including phenoxy) is 1. The van der Waals surface area contributed by atoms with Crippen LogP contribution in [0.15, 0.2) is 36.5 Å². The molecule has 0 saturated carbocycles. The third kappa shape index (κ3) is 4.21. The first-order valence-electron chi connectivity index (χ1n) is 10.5. The van der Waals surface area contributed by atoms with E-state index in [9.17, 15) is 4.79 Å². The van der Waals surface area contributed by atoms with E-state index in [4.69, 9.17) is 4.74 Å². The summed E-state index contributed by atoms with van der Waals surface area (Å²) < 4.78 is 7.21. The molecule has 0 fully saturated rings. The quantitative estimate of drug-likeness (QED) is 0.414. The van der Waals surface area contributed by atoms with Gasteiger partial charge in [-0.2, -0.15) is 10.1 Å². The van der Waals surface area contributed by atoms with Crippen molar-refractivity contribution in [1.29, 1.82) is 0 Å². The van der Waals surface area contributed by atoms with Crippen molar-refractivity contribution >= 4 is 28.3 Å². The SMILES string of the molecule is COc1cc(-c2nc(Nc3ccc4[nH]ncc4c3C)n(C)n2)ccc1C(=O)CC(C)(C)C. The van der Waals surface area contributed by atoms with E-state index in [2.05, 4.69) is 25.6 Å². The van der Waals surface area contributed by atoms with E-state index in [1.54, 1.807) is 17.9 Å². The first-order valence-corrected chi connectivity index (χ1v) is 10.5. The Morgan fingerprint density at radius 2 is 2.00 bits per heavy atom. The summed E-state index contributed by atoms with van der Waals surface area (Å²) in [5.74, 6) is 1.74. The molecule has 0 amide bonds. The molecule has 0 aliphatic carbocycles. The van der Waals surface area contributed by atoms with Crippen LogP contribution in [-0.4, -0.2) is 37.9 Å². The summed E-state index contributed by atoms with van der Waals surface area (Å²) in [5, 5.41) is 16.0. The maximum Gasteiger partial charge on any atom is 0.225 e. The summed E-state index contributed by atoms with van der Waals surface area (Å²) in [6.45, 7) is 8.17. The number of H-pyrrole nitrogens is 1. The summed E-state index contributed by atoms with van der Waals surface area (Å²) in [7, 11) is 3.41. The van der Waals surface area contributed by atoms with Crippen LogP contribution < -0.4 is 10.1 Å². The monoisotopic (exact) mass is 432 g/mol. The van der Waals surface area contributed by atoms with Gasteiger partial charge in [0.15, 0.2) is 11.6 Å². The minimum absolute atomic E-state index is 0.0577. The van der Waals surface area contributed by atoms with Gasteiger partial charge in [0, 0.05) is 30.1 Å². The van der Waals surface area contributed by atoms with E-state index in [1.165, 1.54) is 0 Å². The van der Waals surface area contributed by atoms with Crippen molar-refractivity contribution in [2.45, 2.75) is 34.1 Å². The van der Waals surface area contributed by atoms with E-state index in [0.29, 0.717) is 29.5 Å². The second-order valence-electron chi connectivity index (χ2n) is 9.15. The third-order valence-corrected chi connectivity index (χ3v) is 5.35. The number of rotatable bonds is 6. The van der Waals surface area contributed by atoms with Crippen LogP contribution >= 0.6 is 0 Å². The van der Waals surface area contributed by atoms with Crippen LogP contribution in [0.4, 0.5) is 11.6 Å². The highest BCUT2D eigenvalue weighted by Gasteiger charge is 2.21.